The second-order valence-electron chi connectivity index (χ2n) is 5.41. The largest absolute Gasteiger partial charge is 1.00 e. The second-order valence-corrected chi connectivity index (χ2v) is 5.41. The number of carbonyl (C=O) groups excluding carboxylic acids is 1. The van der Waals surface area contributed by atoms with Crippen molar-refractivity contribution in [3.05, 3.63) is 65.2 Å². The summed E-state index contributed by atoms with van der Waals surface area (Å²) in [5, 5.41) is 0. The quantitative estimate of drug-likeness (QED) is 0.710. The van der Waals surface area contributed by atoms with Crippen LogP contribution in [0, 0.1) is 0 Å². The van der Waals surface area contributed by atoms with Crippen molar-refractivity contribution >= 4 is 17.3 Å². The molecule has 0 unspecified atom stereocenters. The first-order valence-electron chi connectivity index (χ1n) is 7.17. The average Bonchev–Trinajstić information content (AvgIpc) is 2.65. The van der Waals surface area contributed by atoms with Crippen molar-refractivity contribution in [2.24, 2.45) is 10.7 Å². The summed E-state index contributed by atoms with van der Waals surface area (Å²) in [6, 6.07) is 11.7. The van der Waals surface area contributed by atoms with Crippen molar-refractivity contribution in [2.75, 3.05) is 11.9 Å². The fourth-order valence-electron chi connectivity index (χ4n) is 2.59. The third kappa shape index (κ3) is 3.59. The molecule has 1 aliphatic heterocycles. The van der Waals surface area contributed by atoms with Crippen LogP contribution in [0.25, 0.3) is 0 Å². The number of amides is 1. The van der Waals surface area contributed by atoms with Crippen LogP contribution < -0.4 is 27.6 Å². The van der Waals surface area contributed by atoms with E-state index in [9.17, 15) is 18.0 Å². The van der Waals surface area contributed by atoms with Crippen molar-refractivity contribution < 1.29 is 36.4 Å². The number of carbonyl (C=O) groups is 1. The Morgan fingerprint density at radius 1 is 1.12 bits per heavy atom. The van der Waals surface area contributed by atoms with Crippen molar-refractivity contribution in [3.8, 4) is 0 Å². The second kappa shape index (κ2) is 6.97. The zero-order chi connectivity index (χ0) is 17.5. The van der Waals surface area contributed by atoms with Gasteiger partial charge in [0.05, 0.1) is 17.0 Å². The van der Waals surface area contributed by atoms with Crippen LogP contribution in [-0.4, -0.2) is 24.8 Å². The molecule has 0 radical (unpaired) electrons. The number of hydrogen-bond acceptors (Lipinski definition) is 3. The summed E-state index contributed by atoms with van der Waals surface area (Å²) in [5.74, 6) is -0.385. The first-order chi connectivity index (χ1) is 11.3. The topological polar surface area (TPSA) is 58.7 Å². The number of hydrogen-bond donors (Lipinski definition) is 1. The molecule has 1 aliphatic rings. The maximum absolute atomic E-state index is 12.7. The molecule has 0 saturated carbocycles. The van der Waals surface area contributed by atoms with Crippen LogP contribution in [0.5, 0.6) is 0 Å². The molecule has 1 amide bonds. The summed E-state index contributed by atoms with van der Waals surface area (Å²) >= 11 is 0. The lowest BCUT2D eigenvalue weighted by Crippen LogP contribution is -3.00. The van der Waals surface area contributed by atoms with Crippen LogP contribution >= 0.6 is 0 Å². The van der Waals surface area contributed by atoms with Crippen LogP contribution in [0.3, 0.4) is 0 Å². The van der Waals surface area contributed by atoms with Gasteiger partial charge < -0.3 is 27.6 Å². The van der Waals surface area contributed by atoms with Gasteiger partial charge in [0.2, 0.25) is 0 Å². The summed E-state index contributed by atoms with van der Waals surface area (Å²) in [5.41, 5.74) is 7.18. The van der Waals surface area contributed by atoms with E-state index in [1.165, 1.54) is 17.0 Å². The van der Waals surface area contributed by atoms with Crippen LogP contribution in [0.2, 0.25) is 0 Å². The van der Waals surface area contributed by atoms with Gasteiger partial charge in [-0.2, -0.15) is 13.2 Å². The minimum atomic E-state index is -4.41. The van der Waals surface area contributed by atoms with Crippen molar-refractivity contribution in [1.29, 1.82) is 0 Å². The molecule has 2 aromatic rings. The third-order valence-corrected chi connectivity index (χ3v) is 3.86. The van der Waals surface area contributed by atoms with Gasteiger partial charge in [0.1, 0.15) is 0 Å². The lowest BCUT2D eigenvalue weighted by Gasteiger charge is -2.18. The van der Waals surface area contributed by atoms with Crippen LogP contribution in [0.4, 0.5) is 18.9 Å². The van der Waals surface area contributed by atoms with Gasteiger partial charge in [-0.15, -0.1) is 0 Å². The molecular formula is C17H15BrF3N3O. The minimum Gasteiger partial charge on any atom is -1.00 e. The van der Waals surface area contributed by atoms with Crippen molar-refractivity contribution in [2.45, 2.75) is 12.3 Å². The first-order valence-corrected chi connectivity index (χ1v) is 7.17. The number of fused-ring (bicyclic) bond motifs is 1. The number of para-hydroxylation sites is 1. The van der Waals surface area contributed by atoms with E-state index >= 15 is 0 Å². The number of halogens is 4. The highest BCUT2D eigenvalue weighted by molar-refractivity contribution is 6.19. The van der Waals surface area contributed by atoms with E-state index in [1.807, 2.05) is 0 Å². The van der Waals surface area contributed by atoms with E-state index in [2.05, 4.69) is 4.99 Å². The highest BCUT2D eigenvalue weighted by atomic mass is 79.9. The van der Waals surface area contributed by atoms with E-state index in [4.69, 9.17) is 5.73 Å². The Labute approximate surface area is 154 Å². The maximum atomic E-state index is 12.7. The van der Waals surface area contributed by atoms with E-state index in [0.29, 0.717) is 22.5 Å². The molecule has 0 saturated heterocycles. The van der Waals surface area contributed by atoms with Crippen molar-refractivity contribution in [3.63, 3.8) is 0 Å². The number of nitrogens with two attached hydrogens (primary N) is 1. The van der Waals surface area contributed by atoms with Gasteiger partial charge in [-0.05, 0) is 18.2 Å². The number of benzodiazepines with no additional fused rings is 1. The zero-order valence-electron chi connectivity index (χ0n) is 14.1. The third-order valence-electron chi connectivity index (χ3n) is 3.86. The highest BCUT2D eigenvalue weighted by Gasteiger charge is 2.31. The van der Waals surface area contributed by atoms with E-state index < -0.39 is 17.9 Å². The molecular weight excluding hydrogens is 399 g/mol. The fraction of sp³-hybridized carbons (Fsp3) is 0.176. The molecule has 2 N–H and O–H groups in total. The van der Waals surface area contributed by atoms with Crippen LogP contribution in [-0.2, 0) is 11.0 Å². The number of rotatable bonds is 1. The Morgan fingerprint density at radius 2 is 1.72 bits per heavy atom. The molecule has 0 aromatic heterocycles. The molecule has 4 nitrogen and oxygen atoms in total. The number of likely N-dealkylation sites (N-methyl/N-ethyl adjacent to an activating group) is 1. The summed E-state index contributed by atoms with van der Waals surface area (Å²) in [4.78, 5) is 17.9. The molecule has 3 rings (SSSR count). The molecule has 1 heterocycles. The number of aliphatic imine (C=N–C) groups is 1. The van der Waals surface area contributed by atoms with Gasteiger partial charge in [0.15, 0.2) is 6.17 Å². The summed E-state index contributed by atoms with van der Waals surface area (Å²) in [7, 11) is 1.59. The molecule has 8 heteroatoms. The van der Waals surface area contributed by atoms with E-state index in [1.54, 1.807) is 31.3 Å². The molecule has 0 spiro atoms. The molecule has 0 aliphatic carbocycles. The Balaban J connectivity index is 0.00000169. The van der Waals surface area contributed by atoms with Crippen LogP contribution in [0.1, 0.15) is 18.1 Å². The predicted octanol–water partition coefficient (Wildman–Crippen LogP) is -0.0795. The minimum absolute atomic E-state index is 0. The van der Waals surface area contributed by atoms with Gasteiger partial charge in [-0.25, -0.2) is 0 Å². The summed E-state index contributed by atoms with van der Waals surface area (Å²) in [6.45, 7) is 0. The van der Waals surface area contributed by atoms with Gasteiger partial charge in [-0.1, -0.05) is 30.3 Å². The fourth-order valence-corrected chi connectivity index (χ4v) is 2.59. The monoisotopic (exact) mass is 413 g/mol. The number of benzene rings is 2. The Bertz CT molecular complexity index is 825. The standard InChI is InChI=1S/C17H14F3N3O.BrH/c1-23-13-5-3-2-4-12(13)14(22-15(21)16(23)24)10-6-8-11(9-7-10)17(18,19)20;/h2-9,15H,21H2,1H3;1H/t15-;/m0./s1. The number of nitrogens with zero attached hydrogens (tertiary/aromatic N) is 2. The number of alkyl halides is 3. The summed E-state index contributed by atoms with van der Waals surface area (Å²) < 4.78 is 38.2. The van der Waals surface area contributed by atoms with E-state index in [-0.39, 0.29) is 24.3 Å². The normalized spacial score (nSPS) is 17.3. The molecule has 25 heavy (non-hydrogen) atoms. The Morgan fingerprint density at radius 3 is 2.32 bits per heavy atom. The lowest BCUT2D eigenvalue weighted by molar-refractivity contribution is -0.137. The van der Waals surface area contributed by atoms with Crippen LogP contribution in [0.15, 0.2) is 53.5 Å². The van der Waals surface area contributed by atoms with Gasteiger partial charge in [0.25, 0.3) is 5.91 Å². The molecule has 0 fully saturated rings. The smallest absolute Gasteiger partial charge is 1.00 e. The highest BCUT2D eigenvalue weighted by Crippen LogP contribution is 2.31. The molecule has 1 atom stereocenters. The molecule has 2 aromatic carbocycles. The van der Waals surface area contributed by atoms with Gasteiger partial charge in [0, 0.05) is 18.2 Å². The Hall–Kier alpha value is -2.19. The maximum Gasteiger partial charge on any atom is 1.00 e. The summed E-state index contributed by atoms with van der Waals surface area (Å²) in [6.07, 6.45) is -5.52. The number of anilines is 1. The SMILES string of the molecule is CN1C(=O)[C@@H](N)N=C(c2ccc(C(F)(F)F)cc2)c2ccccc21.[Br-].[H+]. The van der Waals surface area contributed by atoms with E-state index in [0.717, 1.165) is 12.1 Å². The predicted molar refractivity (Wildman–Crippen MR) is 86.0 cm³/mol. The Kier molecular flexibility index (Phi) is 5.34. The van der Waals surface area contributed by atoms with Crippen molar-refractivity contribution in [1.82, 2.24) is 0 Å². The lowest BCUT2D eigenvalue weighted by atomic mass is 9.99. The van der Waals surface area contributed by atoms with Gasteiger partial charge >= 0.3 is 7.60 Å². The zero-order valence-corrected chi connectivity index (χ0v) is 14.7. The average molecular weight is 414 g/mol. The van der Waals surface area contributed by atoms with Gasteiger partial charge in [-0.3, -0.25) is 9.79 Å². The first kappa shape index (κ1) is 19.1. The molecule has 0 bridgehead atoms. The molecule has 132 valence electrons.